The van der Waals surface area contributed by atoms with Crippen LogP contribution in [0.25, 0.3) is 54.8 Å². The summed E-state index contributed by atoms with van der Waals surface area (Å²) in [6, 6.07) is 45.0. The van der Waals surface area contributed by atoms with E-state index in [-0.39, 0.29) is 5.41 Å². The zero-order valence-corrected chi connectivity index (χ0v) is 19.5. The van der Waals surface area contributed by atoms with Crippen molar-refractivity contribution in [3.05, 3.63) is 144 Å². The molecule has 36 heavy (non-hydrogen) atoms. The summed E-state index contributed by atoms with van der Waals surface area (Å²) >= 11 is 0. The molecule has 0 saturated carbocycles. The van der Waals surface area contributed by atoms with Crippen LogP contribution in [0.5, 0.6) is 0 Å². The quantitative estimate of drug-likeness (QED) is 0.235. The van der Waals surface area contributed by atoms with E-state index in [1.54, 1.807) is 0 Å². The lowest BCUT2D eigenvalue weighted by atomic mass is 9.70. The molecule has 6 aromatic carbocycles. The maximum atomic E-state index is 3.80. The highest BCUT2D eigenvalue weighted by atomic mass is 14.7. The predicted octanol–water partition coefficient (Wildman–Crippen LogP) is 8.82. The summed E-state index contributed by atoms with van der Waals surface area (Å²) in [6.07, 6.45) is 0. The van der Waals surface area contributed by atoms with Gasteiger partial charge in [0, 0.05) is 21.7 Å². The first-order valence-electron chi connectivity index (χ1n) is 12.6. The molecule has 2 aliphatic carbocycles. The van der Waals surface area contributed by atoms with Gasteiger partial charge in [-0.2, -0.15) is 0 Å². The van der Waals surface area contributed by atoms with Gasteiger partial charge in [-0.3, -0.25) is 0 Å². The van der Waals surface area contributed by atoms with E-state index in [1.165, 1.54) is 77.1 Å². The van der Waals surface area contributed by atoms with Gasteiger partial charge < -0.3 is 4.98 Å². The molecule has 0 radical (unpaired) electrons. The van der Waals surface area contributed by atoms with Gasteiger partial charge in [0.05, 0.1) is 10.9 Å². The average molecular weight is 456 g/mol. The van der Waals surface area contributed by atoms with Crippen LogP contribution in [0, 0.1) is 0 Å². The molecule has 0 aliphatic heterocycles. The van der Waals surface area contributed by atoms with Gasteiger partial charge in [0.15, 0.2) is 0 Å². The fraction of sp³-hybridized carbons (Fsp3) is 0.0286. The largest absolute Gasteiger partial charge is 0.354 e. The lowest BCUT2D eigenvalue weighted by Gasteiger charge is -2.30. The molecule has 9 rings (SSSR count). The van der Waals surface area contributed by atoms with Crippen molar-refractivity contribution in [1.82, 2.24) is 4.98 Å². The van der Waals surface area contributed by atoms with Crippen LogP contribution in [0.1, 0.15) is 22.3 Å². The van der Waals surface area contributed by atoms with Gasteiger partial charge in [0.25, 0.3) is 0 Å². The molecule has 1 heteroatoms. The zero-order valence-electron chi connectivity index (χ0n) is 19.5. The smallest absolute Gasteiger partial charge is 0.0725 e. The Morgan fingerprint density at radius 3 is 1.81 bits per heavy atom. The summed E-state index contributed by atoms with van der Waals surface area (Å²) in [5.41, 5.74) is 13.1. The second-order valence-electron chi connectivity index (χ2n) is 10.1. The molecule has 0 atom stereocenters. The Morgan fingerprint density at radius 1 is 0.444 bits per heavy atom. The molecule has 166 valence electrons. The molecule has 2 aliphatic rings. The Morgan fingerprint density at radius 2 is 1.06 bits per heavy atom. The Kier molecular flexibility index (Phi) is 3.28. The topological polar surface area (TPSA) is 15.8 Å². The van der Waals surface area contributed by atoms with E-state index in [2.05, 4.69) is 126 Å². The third-order valence-corrected chi connectivity index (χ3v) is 8.62. The van der Waals surface area contributed by atoms with Crippen molar-refractivity contribution < 1.29 is 0 Å². The summed E-state index contributed by atoms with van der Waals surface area (Å²) in [6.45, 7) is 0. The number of nitrogens with one attached hydrogen (secondary N) is 1. The van der Waals surface area contributed by atoms with Crippen molar-refractivity contribution in [1.29, 1.82) is 0 Å². The van der Waals surface area contributed by atoms with Crippen LogP contribution in [0.2, 0.25) is 0 Å². The van der Waals surface area contributed by atoms with E-state index in [1.807, 2.05) is 0 Å². The van der Waals surface area contributed by atoms with Crippen LogP contribution in [0.4, 0.5) is 0 Å². The van der Waals surface area contributed by atoms with Crippen molar-refractivity contribution in [2.45, 2.75) is 5.41 Å². The first-order chi connectivity index (χ1) is 17.9. The molecule has 0 saturated heterocycles. The Labute approximate surface area is 208 Å². The lowest BCUT2D eigenvalue weighted by Crippen LogP contribution is -2.25. The number of hydrogen-bond donors (Lipinski definition) is 1. The first kappa shape index (κ1) is 18.7. The number of rotatable bonds is 0. The van der Waals surface area contributed by atoms with Crippen molar-refractivity contribution in [3.8, 4) is 22.3 Å². The van der Waals surface area contributed by atoms with Crippen LogP contribution in [-0.4, -0.2) is 4.98 Å². The Balaban J connectivity index is 1.52. The highest BCUT2D eigenvalue weighted by Crippen LogP contribution is 2.64. The summed E-state index contributed by atoms with van der Waals surface area (Å²) in [5, 5.41) is 5.17. The normalized spacial score (nSPS) is 14.3. The number of aromatic nitrogens is 1. The predicted molar refractivity (Wildman–Crippen MR) is 150 cm³/mol. The molecule has 7 aromatic rings. The SMILES string of the molecule is c1ccc2c(c1)-c1ccccc1C21c2ccccc2-c2c1ccc1[nH]c3c4ccccc4ccc3c21. The highest BCUT2D eigenvalue weighted by molar-refractivity contribution is 6.22. The van der Waals surface area contributed by atoms with Crippen LogP contribution in [0.3, 0.4) is 0 Å². The molecule has 0 amide bonds. The second-order valence-corrected chi connectivity index (χ2v) is 10.1. The number of aromatic amines is 1. The van der Waals surface area contributed by atoms with Gasteiger partial charge >= 0.3 is 0 Å². The number of hydrogen-bond acceptors (Lipinski definition) is 0. The minimum absolute atomic E-state index is 0.298. The van der Waals surface area contributed by atoms with Gasteiger partial charge in [0.1, 0.15) is 0 Å². The van der Waals surface area contributed by atoms with E-state index in [0.717, 1.165) is 0 Å². The molecular formula is C35H21N. The molecule has 1 heterocycles. The maximum Gasteiger partial charge on any atom is 0.0725 e. The summed E-state index contributed by atoms with van der Waals surface area (Å²) in [7, 11) is 0. The van der Waals surface area contributed by atoms with Crippen molar-refractivity contribution in [2.75, 3.05) is 0 Å². The van der Waals surface area contributed by atoms with Crippen LogP contribution < -0.4 is 0 Å². The molecule has 0 unspecified atom stereocenters. The monoisotopic (exact) mass is 455 g/mol. The molecule has 1 aromatic heterocycles. The second kappa shape index (κ2) is 6.33. The van der Waals surface area contributed by atoms with Gasteiger partial charge in [-0.1, -0.05) is 115 Å². The molecule has 1 nitrogen and oxygen atoms in total. The zero-order chi connectivity index (χ0) is 23.4. The van der Waals surface area contributed by atoms with Gasteiger partial charge in [-0.05, 0) is 56.0 Å². The number of H-pyrrole nitrogens is 1. The lowest BCUT2D eigenvalue weighted by molar-refractivity contribution is 0.794. The van der Waals surface area contributed by atoms with Crippen molar-refractivity contribution >= 4 is 32.6 Å². The van der Waals surface area contributed by atoms with Crippen LogP contribution in [-0.2, 0) is 5.41 Å². The summed E-state index contributed by atoms with van der Waals surface area (Å²) in [4.78, 5) is 3.80. The van der Waals surface area contributed by atoms with Crippen LogP contribution >= 0.6 is 0 Å². The van der Waals surface area contributed by atoms with Gasteiger partial charge in [-0.15, -0.1) is 0 Å². The van der Waals surface area contributed by atoms with E-state index in [9.17, 15) is 0 Å². The van der Waals surface area contributed by atoms with Gasteiger partial charge in [0.2, 0.25) is 0 Å². The molecule has 0 bridgehead atoms. The fourth-order valence-corrected chi connectivity index (χ4v) is 7.32. The van der Waals surface area contributed by atoms with Crippen molar-refractivity contribution in [3.63, 3.8) is 0 Å². The molecule has 1 spiro atoms. The molecular weight excluding hydrogens is 434 g/mol. The minimum atomic E-state index is -0.298. The standard InChI is InChI=1S/C35H21N/c1-2-10-22-21(9-1)17-18-26-33-31(36-34(22)26)20-19-30-32(33)25-13-5-8-16-29(25)35(30)27-14-6-3-11-23(27)24-12-4-7-15-28(24)35/h1-20,36H. The van der Waals surface area contributed by atoms with E-state index in [4.69, 9.17) is 0 Å². The van der Waals surface area contributed by atoms with Crippen LogP contribution in [0.15, 0.2) is 121 Å². The highest BCUT2D eigenvalue weighted by Gasteiger charge is 2.51. The van der Waals surface area contributed by atoms with E-state index in [0.29, 0.717) is 0 Å². The number of fused-ring (bicyclic) bond motifs is 16. The fourth-order valence-electron chi connectivity index (χ4n) is 7.32. The van der Waals surface area contributed by atoms with E-state index >= 15 is 0 Å². The summed E-state index contributed by atoms with van der Waals surface area (Å²) in [5.74, 6) is 0. The summed E-state index contributed by atoms with van der Waals surface area (Å²) < 4.78 is 0. The first-order valence-corrected chi connectivity index (χ1v) is 12.6. The maximum absolute atomic E-state index is 3.80. The Bertz CT molecular complexity index is 2010. The average Bonchev–Trinajstić information content (AvgIpc) is 3.57. The molecule has 1 N–H and O–H groups in total. The Hall–Kier alpha value is -4.62. The van der Waals surface area contributed by atoms with E-state index < -0.39 is 0 Å². The third kappa shape index (κ3) is 1.98. The number of benzene rings is 6. The van der Waals surface area contributed by atoms with Crippen molar-refractivity contribution in [2.24, 2.45) is 0 Å². The van der Waals surface area contributed by atoms with Gasteiger partial charge in [-0.25, -0.2) is 0 Å². The molecule has 0 fully saturated rings. The third-order valence-electron chi connectivity index (χ3n) is 8.62. The minimum Gasteiger partial charge on any atom is -0.354 e.